The van der Waals surface area contributed by atoms with Crippen molar-refractivity contribution < 1.29 is 19.1 Å². The summed E-state index contributed by atoms with van der Waals surface area (Å²) >= 11 is 6.06. The summed E-state index contributed by atoms with van der Waals surface area (Å²) in [6.07, 6.45) is 1.69. The van der Waals surface area contributed by atoms with Crippen molar-refractivity contribution in [1.82, 2.24) is 14.0 Å². The first-order valence-electron chi connectivity index (χ1n) is 13.6. The Morgan fingerprint density at radius 2 is 1.34 bits per heavy atom. The summed E-state index contributed by atoms with van der Waals surface area (Å²) in [5.41, 5.74) is 0.682. The van der Waals surface area contributed by atoms with Crippen LogP contribution in [-0.4, -0.2) is 51.5 Å². The molecule has 0 atom stereocenters. The Morgan fingerprint density at radius 1 is 0.805 bits per heavy atom. The lowest BCUT2D eigenvalue weighted by Gasteiger charge is -2.32. The van der Waals surface area contributed by atoms with Crippen molar-refractivity contribution in [3.05, 3.63) is 129 Å². The van der Waals surface area contributed by atoms with E-state index in [2.05, 4.69) is 4.90 Å². The molecule has 2 heterocycles. The van der Waals surface area contributed by atoms with E-state index in [9.17, 15) is 19.2 Å². The van der Waals surface area contributed by atoms with Crippen molar-refractivity contribution in [2.24, 2.45) is 0 Å². The van der Waals surface area contributed by atoms with Crippen LogP contribution < -0.4 is 5.69 Å². The van der Waals surface area contributed by atoms with Crippen molar-refractivity contribution >= 4 is 29.4 Å². The van der Waals surface area contributed by atoms with Crippen molar-refractivity contribution in [2.75, 3.05) is 19.7 Å². The number of imidazole rings is 1. The maximum atomic E-state index is 13.9. The summed E-state index contributed by atoms with van der Waals surface area (Å²) < 4.78 is 7.05. The van der Waals surface area contributed by atoms with Crippen molar-refractivity contribution in [3.8, 4) is 0 Å². The first kappa shape index (κ1) is 28.3. The Kier molecular flexibility index (Phi) is 8.61. The molecule has 1 saturated heterocycles. The minimum absolute atomic E-state index is 0.0380. The van der Waals surface area contributed by atoms with Crippen LogP contribution in [0.1, 0.15) is 68.1 Å². The number of benzene rings is 3. The molecule has 1 aromatic heterocycles. The zero-order chi connectivity index (χ0) is 28.9. The molecule has 0 unspecified atom stereocenters. The average molecular weight is 572 g/mol. The normalized spacial score (nSPS) is 14.1. The number of nitrogens with zero attached hydrogens (tertiary/aromatic N) is 3. The van der Waals surface area contributed by atoms with E-state index in [-0.39, 0.29) is 35.7 Å². The largest absolute Gasteiger partial charge is 0.461 e. The van der Waals surface area contributed by atoms with Gasteiger partial charge in [-0.25, -0.2) is 18.7 Å². The van der Waals surface area contributed by atoms with Gasteiger partial charge in [-0.2, -0.15) is 0 Å². The van der Waals surface area contributed by atoms with Gasteiger partial charge in [0.15, 0.2) is 5.69 Å². The molecule has 1 fully saturated rings. The lowest BCUT2D eigenvalue weighted by molar-refractivity contribution is 0.0506. The summed E-state index contributed by atoms with van der Waals surface area (Å²) in [4.78, 5) is 56.8. The Hall–Kier alpha value is -4.27. The summed E-state index contributed by atoms with van der Waals surface area (Å²) in [7, 11) is 0. The number of esters is 1. The summed E-state index contributed by atoms with van der Waals surface area (Å²) in [5, 5.41) is 0.688. The standard InChI is InChI=1S/C32H30ClN3O5/c1-2-41-31(39)28-27(21-34-19-17-23(18-20-34)22-13-15-26(33)16-14-22)35(29(37)24-9-5-3-6-10-24)32(40)36(28)30(38)25-11-7-4-8-12-25/h3-16,23H,2,17-21H2,1H3. The highest BCUT2D eigenvalue weighted by Crippen LogP contribution is 2.30. The van der Waals surface area contributed by atoms with Crippen LogP contribution in [0.3, 0.4) is 0 Å². The highest BCUT2D eigenvalue weighted by molar-refractivity contribution is 6.30. The van der Waals surface area contributed by atoms with Crippen LogP contribution >= 0.6 is 11.6 Å². The second-order valence-electron chi connectivity index (χ2n) is 9.91. The molecule has 0 amide bonds. The molecule has 0 spiro atoms. The highest BCUT2D eigenvalue weighted by Gasteiger charge is 2.34. The number of carbonyl (C=O) groups excluding carboxylic acids is 3. The SMILES string of the molecule is CCOC(=O)c1c(CN2CCC(c3ccc(Cl)cc3)CC2)n(C(=O)c2ccccc2)c(=O)n1C(=O)c1ccccc1. The Morgan fingerprint density at radius 3 is 1.88 bits per heavy atom. The van der Waals surface area contributed by atoms with Gasteiger partial charge < -0.3 is 4.74 Å². The highest BCUT2D eigenvalue weighted by atomic mass is 35.5. The molecule has 0 N–H and O–H groups in total. The van der Waals surface area contributed by atoms with E-state index in [0.29, 0.717) is 24.0 Å². The minimum atomic E-state index is -0.901. The van der Waals surface area contributed by atoms with E-state index in [1.54, 1.807) is 67.6 Å². The zero-order valence-corrected chi connectivity index (χ0v) is 23.4. The zero-order valence-electron chi connectivity index (χ0n) is 22.7. The maximum Gasteiger partial charge on any atom is 0.357 e. The van der Waals surface area contributed by atoms with Crippen LogP contribution in [0.4, 0.5) is 0 Å². The van der Waals surface area contributed by atoms with E-state index >= 15 is 0 Å². The number of halogens is 1. The van der Waals surface area contributed by atoms with E-state index in [4.69, 9.17) is 16.3 Å². The van der Waals surface area contributed by atoms with Gasteiger partial charge in [0.1, 0.15) is 0 Å². The molecular weight excluding hydrogens is 542 g/mol. The van der Waals surface area contributed by atoms with Crippen LogP contribution in [0, 0.1) is 0 Å². The second-order valence-corrected chi connectivity index (χ2v) is 10.3. The van der Waals surface area contributed by atoms with Crippen LogP contribution in [0.2, 0.25) is 5.02 Å². The lowest BCUT2D eigenvalue weighted by Crippen LogP contribution is -2.36. The van der Waals surface area contributed by atoms with E-state index in [1.807, 2.05) is 24.3 Å². The van der Waals surface area contributed by atoms with Gasteiger partial charge in [-0.15, -0.1) is 0 Å². The van der Waals surface area contributed by atoms with E-state index in [1.165, 1.54) is 5.56 Å². The molecule has 0 radical (unpaired) electrons. The molecule has 8 nitrogen and oxygen atoms in total. The fourth-order valence-corrected chi connectivity index (χ4v) is 5.41. The smallest absolute Gasteiger partial charge is 0.357 e. The third-order valence-corrected chi connectivity index (χ3v) is 7.62. The summed E-state index contributed by atoms with van der Waals surface area (Å²) in [6.45, 7) is 3.13. The number of likely N-dealkylation sites (tertiary alicyclic amines) is 1. The van der Waals surface area contributed by atoms with Crippen molar-refractivity contribution in [2.45, 2.75) is 32.2 Å². The van der Waals surface area contributed by atoms with Gasteiger partial charge in [-0.1, -0.05) is 60.1 Å². The van der Waals surface area contributed by atoms with Gasteiger partial charge in [0.25, 0.3) is 11.8 Å². The van der Waals surface area contributed by atoms with E-state index < -0.39 is 23.5 Å². The molecule has 1 aliphatic rings. The third kappa shape index (κ3) is 5.94. The average Bonchev–Trinajstić information content (AvgIpc) is 3.29. The van der Waals surface area contributed by atoms with Gasteiger partial charge >= 0.3 is 11.7 Å². The first-order valence-corrected chi connectivity index (χ1v) is 14.0. The number of ether oxygens (including phenoxy) is 1. The van der Waals surface area contributed by atoms with Crippen LogP contribution in [0.15, 0.2) is 89.7 Å². The number of carbonyl (C=O) groups is 3. The summed E-state index contributed by atoms with van der Waals surface area (Å²) in [5.74, 6) is -1.82. The molecule has 41 heavy (non-hydrogen) atoms. The predicted octanol–water partition coefficient (Wildman–Crippen LogP) is 5.24. The topological polar surface area (TPSA) is 90.6 Å². The lowest BCUT2D eigenvalue weighted by atomic mass is 9.89. The quantitative estimate of drug-likeness (QED) is 0.282. The molecule has 5 rings (SSSR count). The molecule has 0 aliphatic carbocycles. The van der Waals surface area contributed by atoms with Crippen molar-refractivity contribution in [1.29, 1.82) is 0 Å². The number of aromatic nitrogens is 2. The van der Waals surface area contributed by atoms with Gasteiger partial charge in [-0.05, 0) is 80.7 Å². The molecule has 4 aromatic rings. The predicted molar refractivity (Wildman–Crippen MR) is 156 cm³/mol. The Labute approximate surface area is 242 Å². The fourth-order valence-electron chi connectivity index (χ4n) is 5.29. The molecular formula is C32H30ClN3O5. The number of hydrogen-bond acceptors (Lipinski definition) is 6. The number of hydrogen-bond donors (Lipinski definition) is 0. The summed E-state index contributed by atoms with van der Waals surface area (Å²) in [6, 6.07) is 24.4. The number of rotatable bonds is 7. The van der Waals surface area contributed by atoms with Crippen LogP contribution in [0.5, 0.6) is 0 Å². The molecule has 9 heteroatoms. The van der Waals surface area contributed by atoms with Gasteiger partial charge in [0.05, 0.1) is 12.3 Å². The fraction of sp³-hybridized carbons (Fsp3) is 0.250. The first-order chi connectivity index (χ1) is 19.9. The monoisotopic (exact) mass is 571 g/mol. The minimum Gasteiger partial charge on any atom is -0.461 e. The Balaban J connectivity index is 1.57. The molecule has 0 bridgehead atoms. The molecule has 0 saturated carbocycles. The number of piperidine rings is 1. The van der Waals surface area contributed by atoms with Gasteiger partial charge in [-0.3, -0.25) is 14.5 Å². The van der Waals surface area contributed by atoms with Gasteiger partial charge in [0, 0.05) is 22.7 Å². The third-order valence-electron chi connectivity index (χ3n) is 7.37. The van der Waals surface area contributed by atoms with E-state index in [0.717, 1.165) is 22.0 Å². The molecule has 3 aromatic carbocycles. The van der Waals surface area contributed by atoms with Crippen molar-refractivity contribution in [3.63, 3.8) is 0 Å². The Bertz CT molecular complexity index is 1600. The second kappa shape index (κ2) is 12.5. The van der Waals surface area contributed by atoms with Crippen LogP contribution in [-0.2, 0) is 11.3 Å². The van der Waals surface area contributed by atoms with Crippen LogP contribution in [0.25, 0.3) is 0 Å². The van der Waals surface area contributed by atoms with Gasteiger partial charge in [0.2, 0.25) is 0 Å². The molecule has 1 aliphatic heterocycles. The molecule has 210 valence electrons. The maximum absolute atomic E-state index is 13.9.